The normalized spacial score (nSPS) is 15.8. The van der Waals surface area contributed by atoms with Gasteiger partial charge in [0.05, 0.1) is 11.1 Å². The van der Waals surface area contributed by atoms with E-state index in [9.17, 15) is 22.4 Å². The topological polar surface area (TPSA) is 144 Å². The number of sulfonamides is 1. The van der Waals surface area contributed by atoms with Gasteiger partial charge in [-0.2, -0.15) is 4.98 Å². The average Bonchev–Trinajstić information content (AvgIpc) is 2.92. The van der Waals surface area contributed by atoms with Gasteiger partial charge in [-0.15, -0.1) is 0 Å². The Morgan fingerprint density at radius 2 is 1.88 bits per heavy atom. The lowest BCUT2D eigenvalue weighted by Gasteiger charge is -2.40. The van der Waals surface area contributed by atoms with Crippen LogP contribution in [-0.4, -0.2) is 64.4 Å². The van der Waals surface area contributed by atoms with Crippen molar-refractivity contribution in [1.82, 2.24) is 24.4 Å². The Labute approximate surface area is 233 Å². The summed E-state index contributed by atoms with van der Waals surface area (Å²) in [5.74, 6) is -1.82. The highest BCUT2D eigenvalue weighted by atomic mass is 32.2. The van der Waals surface area contributed by atoms with Crippen LogP contribution in [0.25, 0.3) is 28.0 Å². The number of anilines is 1. The Bertz CT molecular complexity index is 1900. The van der Waals surface area contributed by atoms with E-state index in [2.05, 4.69) is 21.5 Å². The number of fused-ring (bicyclic) bond motifs is 1. The second-order valence-electron chi connectivity index (χ2n) is 9.58. The molecule has 4 heterocycles. The van der Waals surface area contributed by atoms with E-state index in [1.54, 1.807) is 9.80 Å². The number of nitrogens with zero attached hydrogens (tertiary/aromatic N) is 6. The third kappa shape index (κ3) is 4.95. The summed E-state index contributed by atoms with van der Waals surface area (Å²) < 4.78 is 56.3. The number of hydrogen-bond donors (Lipinski definition) is 1. The third-order valence-corrected chi connectivity index (χ3v) is 7.74. The summed E-state index contributed by atoms with van der Waals surface area (Å²) in [6.45, 7) is 7.67. The van der Waals surface area contributed by atoms with Crippen LogP contribution in [0.3, 0.4) is 0 Å². The summed E-state index contributed by atoms with van der Waals surface area (Å²) in [4.78, 5) is 41.7. The van der Waals surface area contributed by atoms with Crippen molar-refractivity contribution >= 4 is 32.8 Å². The van der Waals surface area contributed by atoms with Crippen LogP contribution in [0.2, 0.25) is 0 Å². The molecule has 1 aromatic carbocycles. The van der Waals surface area contributed by atoms with E-state index < -0.39 is 38.1 Å². The predicted octanol–water partition coefficient (Wildman–Crippen LogP) is 2.30. The van der Waals surface area contributed by atoms with Gasteiger partial charge in [-0.1, -0.05) is 18.7 Å². The van der Waals surface area contributed by atoms with E-state index in [-0.39, 0.29) is 59.7 Å². The Balaban J connectivity index is 1.84. The summed E-state index contributed by atoms with van der Waals surface area (Å²) >= 11 is 0. The van der Waals surface area contributed by atoms with Crippen LogP contribution in [0.4, 0.5) is 14.6 Å². The van der Waals surface area contributed by atoms with Gasteiger partial charge in [0.15, 0.2) is 10.7 Å². The van der Waals surface area contributed by atoms with Gasteiger partial charge in [-0.05, 0) is 49.8 Å². The third-order valence-electron chi connectivity index (χ3n) is 6.90. The Morgan fingerprint density at radius 3 is 2.54 bits per heavy atom. The fourth-order valence-electron chi connectivity index (χ4n) is 4.98. The number of carbonyl (C=O) groups excluding carboxylic acids is 1. The number of nitrogens with two attached hydrogens (primary N) is 1. The number of benzene rings is 1. The summed E-state index contributed by atoms with van der Waals surface area (Å²) in [6, 6.07) is 7.61. The van der Waals surface area contributed by atoms with Crippen LogP contribution in [0.15, 0.2) is 65.1 Å². The molecule has 1 fully saturated rings. The number of carbonyl (C=O) groups is 1. The van der Waals surface area contributed by atoms with Gasteiger partial charge in [-0.25, -0.2) is 41.7 Å². The minimum atomic E-state index is -4.44. The number of pyridine rings is 2. The maximum atomic E-state index is 15.7. The highest BCUT2D eigenvalue weighted by molar-refractivity contribution is 7.89. The monoisotopic (exact) mass is 581 g/mol. The smallest absolute Gasteiger partial charge is 0.350 e. The van der Waals surface area contributed by atoms with E-state index >= 15 is 4.39 Å². The van der Waals surface area contributed by atoms with Crippen LogP contribution in [0.5, 0.6) is 0 Å². The molecule has 3 aromatic heterocycles. The molecule has 0 bridgehead atoms. The van der Waals surface area contributed by atoms with E-state index in [1.807, 2.05) is 6.92 Å². The molecule has 41 heavy (non-hydrogen) atoms. The minimum absolute atomic E-state index is 0.0566. The molecule has 14 heteroatoms. The second kappa shape index (κ2) is 10.4. The lowest BCUT2D eigenvalue weighted by molar-refractivity contribution is -0.126. The zero-order valence-electron chi connectivity index (χ0n) is 22.1. The summed E-state index contributed by atoms with van der Waals surface area (Å²) in [5.41, 5.74) is -1.60. The quantitative estimate of drug-likeness (QED) is 0.354. The van der Waals surface area contributed by atoms with Crippen LogP contribution in [0.1, 0.15) is 12.5 Å². The molecule has 0 radical (unpaired) electrons. The van der Waals surface area contributed by atoms with E-state index in [1.165, 1.54) is 43.5 Å². The zero-order chi connectivity index (χ0) is 29.6. The largest absolute Gasteiger partial charge is 0.355 e. The molecule has 1 atom stereocenters. The molecule has 0 saturated carbocycles. The van der Waals surface area contributed by atoms with Crippen molar-refractivity contribution in [2.45, 2.75) is 24.9 Å². The lowest BCUT2D eigenvalue weighted by atomic mass is 10.1. The standard InChI is InChI=1S/C27H25F2N7O4S/c1-4-21(37)34-11-12-35(16(3)14-34)24-18-13-20(29)22(17-7-5-6-8-19(17)28)32-25(18)36(27(38)33-24)23-15(2)9-10-31-26(23)41(30,39)40/h4-10,13,16H,1,11-12,14H2,2-3H3,(H2,30,39,40)/t16-/m0/s1. The van der Waals surface area contributed by atoms with Crippen molar-refractivity contribution in [2.24, 2.45) is 5.14 Å². The molecular formula is C27H25F2N7O4S. The molecule has 2 N–H and O–H groups in total. The van der Waals surface area contributed by atoms with E-state index in [0.29, 0.717) is 5.56 Å². The highest BCUT2D eigenvalue weighted by Gasteiger charge is 2.31. The molecule has 1 saturated heterocycles. The number of aromatic nitrogens is 4. The minimum Gasteiger partial charge on any atom is -0.350 e. The van der Waals surface area contributed by atoms with Gasteiger partial charge < -0.3 is 9.80 Å². The van der Waals surface area contributed by atoms with Crippen molar-refractivity contribution in [2.75, 3.05) is 24.5 Å². The first-order valence-corrected chi connectivity index (χ1v) is 14.0. The maximum absolute atomic E-state index is 15.7. The van der Waals surface area contributed by atoms with Gasteiger partial charge in [0.2, 0.25) is 5.91 Å². The Kier molecular flexibility index (Phi) is 7.13. The molecule has 0 unspecified atom stereocenters. The first-order chi connectivity index (χ1) is 19.4. The van der Waals surface area contributed by atoms with Crippen molar-refractivity contribution in [3.63, 3.8) is 0 Å². The number of primary sulfonamides is 1. The first kappa shape index (κ1) is 28.0. The second-order valence-corrected chi connectivity index (χ2v) is 11.1. The molecule has 11 nitrogen and oxygen atoms in total. The predicted molar refractivity (Wildman–Crippen MR) is 148 cm³/mol. The highest BCUT2D eigenvalue weighted by Crippen LogP contribution is 2.33. The number of hydrogen-bond acceptors (Lipinski definition) is 8. The molecule has 1 aliphatic rings. The number of aryl methyl sites for hydroxylation is 1. The van der Waals surface area contributed by atoms with Crippen molar-refractivity contribution < 1.29 is 22.0 Å². The lowest BCUT2D eigenvalue weighted by Crippen LogP contribution is -2.54. The Morgan fingerprint density at radius 1 is 1.15 bits per heavy atom. The SMILES string of the molecule is C=CC(=O)N1CCN(c2nc(=O)n(-c3c(C)ccnc3S(N)(=O)=O)c3nc(-c4ccccc4F)c(F)cc23)[C@@H](C)C1. The maximum Gasteiger partial charge on any atom is 0.355 e. The van der Waals surface area contributed by atoms with Gasteiger partial charge in [0.1, 0.15) is 23.1 Å². The average molecular weight is 582 g/mol. The van der Waals surface area contributed by atoms with Crippen LogP contribution in [0, 0.1) is 18.6 Å². The molecule has 0 aliphatic carbocycles. The molecule has 5 rings (SSSR count). The molecule has 1 amide bonds. The van der Waals surface area contributed by atoms with Crippen molar-refractivity contribution in [3.05, 3.63) is 82.9 Å². The van der Waals surface area contributed by atoms with E-state index in [4.69, 9.17) is 5.14 Å². The van der Waals surface area contributed by atoms with E-state index in [0.717, 1.165) is 16.7 Å². The van der Waals surface area contributed by atoms with Gasteiger partial charge in [0, 0.05) is 37.4 Å². The molecule has 4 aromatic rings. The number of amides is 1. The first-order valence-electron chi connectivity index (χ1n) is 12.5. The molecule has 0 spiro atoms. The van der Waals surface area contributed by atoms with Gasteiger partial charge in [0.25, 0.3) is 10.0 Å². The molecule has 212 valence electrons. The van der Waals surface area contributed by atoms with Crippen LogP contribution < -0.4 is 15.7 Å². The van der Waals surface area contributed by atoms with Crippen molar-refractivity contribution in [3.8, 4) is 16.9 Å². The number of halogens is 2. The zero-order valence-corrected chi connectivity index (χ0v) is 22.9. The molecule has 1 aliphatic heterocycles. The fraction of sp³-hybridized carbons (Fsp3) is 0.222. The van der Waals surface area contributed by atoms with Crippen LogP contribution in [-0.2, 0) is 14.8 Å². The van der Waals surface area contributed by atoms with Crippen molar-refractivity contribution in [1.29, 1.82) is 0 Å². The fourth-order valence-corrected chi connectivity index (χ4v) is 5.71. The summed E-state index contributed by atoms with van der Waals surface area (Å²) in [7, 11) is -4.44. The van der Waals surface area contributed by atoms with Crippen LogP contribution >= 0.6 is 0 Å². The summed E-state index contributed by atoms with van der Waals surface area (Å²) in [6.07, 6.45) is 2.43. The molecular weight excluding hydrogens is 556 g/mol. The number of piperazine rings is 1. The Hall–Kier alpha value is -4.56. The van der Waals surface area contributed by atoms with Gasteiger partial charge >= 0.3 is 5.69 Å². The summed E-state index contributed by atoms with van der Waals surface area (Å²) in [5, 5.41) is 4.88. The van der Waals surface area contributed by atoms with Gasteiger partial charge in [-0.3, -0.25) is 4.79 Å². The number of rotatable bonds is 5.